The second kappa shape index (κ2) is 9.44. The zero-order valence-corrected chi connectivity index (χ0v) is 18.1. The second-order valence-corrected chi connectivity index (χ2v) is 8.43. The third-order valence-corrected chi connectivity index (χ3v) is 5.82. The van der Waals surface area contributed by atoms with Crippen LogP contribution < -0.4 is 14.8 Å². The molecule has 1 N–H and O–H groups in total. The number of hydrogen-bond acceptors (Lipinski definition) is 6. The van der Waals surface area contributed by atoms with Crippen LogP contribution in [0.5, 0.6) is 11.5 Å². The first-order chi connectivity index (χ1) is 15.4. The quantitative estimate of drug-likeness (QED) is 0.610. The van der Waals surface area contributed by atoms with Crippen LogP contribution in [0.15, 0.2) is 47.4 Å². The number of carbonyl (C=O) groups is 3. The average molecular weight is 456 g/mol. The van der Waals surface area contributed by atoms with Gasteiger partial charge in [-0.2, -0.15) is 0 Å². The van der Waals surface area contributed by atoms with Crippen LogP contribution in [0.25, 0.3) is 6.08 Å². The van der Waals surface area contributed by atoms with Crippen molar-refractivity contribution in [1.29, 1.82) is 0 Å². The van der Waals surface area contributed by atoms with Crippen molar-refractivity contribution < 1.29 is 28.2 Å². The van der Waals surface area contributed by atoms with Crippen molar-refractivity contribution >= 4 is 34.9 Å². The summed E-state index contributed by atoms with van der Waals surface area (Å²) in [6, 6.07) is 10.9. The summed E-state index contributed by atoms with van der Waals surface area (Å²) >= 11 is 0.842. The van der Waals surface area contributed by atoms with E-state index in [1.165, 1.54) is 31.4 Å². The molecule has 1 aliphatic heterocycles. The summed E-state index contributed by atoms with van der Waals surface area (Å²) in [5, 5.41) is 2.46. The van der Waals surface area contributed by atoms with Crippen molar-refractivity contribution in [1.82, 2.24) is 10.2 Å². The van der Waals surface area contributed by atoms with Crippen molar-refractivity contribution in [2.45, 2.75) is 25.4 Å². The normalized spacial score (nSPS) is 17.1. The molecule has 0 bridgehead atoms. The monoisotopic (exact) mass is 456 g/mol. The highest BCUT2D eigenvalue weighted by Crippen LogP contribution is 2.35. The highest BCUT2D eigenvalue weighted by molar-refractivity contribution is 8.18. The Balaban J connectivity index is 1.44. The number of nitrogens with zero attached hydrogens (tertiary/aromatic N) is 1. The number of halogens is 1. The van der Waals surface area contributed by atoms with E-state index in [0.29, 0.717) is 22.6 Å². The number of amides is 3. The Labute approximate surface area is 188 Å². The molecule has 0 radical (unpaired) electrons. The average Bonchev–Trinajstić information content (AvgIpc) is 3.56. The van der Waals surface area contributed by atoms with Crippen LogP contribution in [0.4, 0.5) is 9.18 Å². The molecule has 1 heterocycles. The largest absolute Gasteiger partial charge is 0.493 e. The number of nitrogens with one attached hydrogen (secondary N) is 1. The van der Waals surface area contributed by atoms with Gasteiger partial charge < -0.3 is 14.8 Å². The number of rotatable bonds is 8. The van der Waals surface area contributed by atoms with E-state index in [1.54, 1.807) is 24.3 Å². The molecule has 2 fully saturated rings. The topological polar surface area (TPSA) is 84.9 Å². The summed E-state index contributed by atoms with van der Waals surface area (Å²) in [4.78, 5) is 38.3. The minimum Gasteiger partial charge on any atom is -0.493 e. The lowest BCUT2D eigenvalue weighted by Crippen LogP contribution is -2.30. The van der Waals surface area contributed by atoms with Crippen molar-refractivity contribution in [2.75, 3.05) is 13.7 Å². The molecule has 0 aromatic heterocycles. The van der Waals surface area contributed by atoms with Gasteiger partial charge in [-0.1, -0.05) is 18.2 Å². The molecule has 1 aliphatic carbocycles. The van der Waals surface area contributed by atoms with E-state index in [4.69, 9.17) is 9.47 Å². The summed E-state index contributed by atoms with van der Waals surface area (Å²) in [6.45, 7) is -0.0458. The Bertz CT molecular complexity index is 1080. The Morgan fingerprint density at radius 2 is 1.94 bits per heavy atom. The van der Waals surface area contributed by atoms with E-state index >= 15 is 0 Å². The van der Waals surface area contributed by atoms with Gasteiger partial charge in [0.15, 0.2) is 18.1 Å². The van der Waals surface area contributed by atoms with Crippen molar-refractivity contribution in [3.05, 3.63) is 64.3 Å². The molecule has 7 nitrogen and oxygen atoms in total. The summed E-state index contributed by atoms with van der Waals surface area (Å²) in [7, 11) is 1.48. The van der Waals surface area contributed by atoms with Gasteiger partial charge in [0.2, 0.25) is 0 Å². The molecule has 2 aliphatic rings. The van der Waals surface area contributed by atoms with Crippen molar-refractivity contribution in [3.63, 3.8) is 0 Å². The number of carbonyl (C=O) groups excluding carboxylic acids is 3. The highest BCUT2D eigenvalue weighted by atomic mass is 32.2. The molecule has 3 amide bonds. The van der Waals surface area contributed by atoms with Gasteiger partial charge >= 0.3 is 0 Å². The van der Waals surface area contributed by atoms with Gasteiger partial charge in [-0.05, 0) is 66.1 Å². The van der Waals surface area contributed by atoms with Gasteiger partial charge in [0.05, 0.1) is 18.6 Å². The maximum Gasteiger partial charge on any atom is 0.293 e. The first-order valence-corrected chi connectivity index (χ1v) is 10.8. The lowest BCUT2D eigenvalue weighted by Gasteiger charge is -2.12. The fourth-order valence-electron chi connectivity index (χ4n) is 3.09. The molecule has 1 saturated heterocycles. The van der Waals surface area contributed by atoms with Crippen molar-refractivity contribution in [3.8, 4) is 11.5 Å². The lowest BCUT2D eigenvalue weighted by atomic mass is 10.1. The first-order valence-electron chi connectivity index (χ1n) is 10.0. The third kappa shape index (κ3) is 5.28. The van der Waals surface area contributed by atoms with E-state index in [1.807, 2.05) is 0 Å². The fraction of sp³-hybridized carbons (Fsp3) is 0.261. The Morgan fingerprint density at radius 3 is 2.62 bits per heavy atom. The van der Waals surface area contributed by atoms with Gasteiger partial charge in [0.25, 0.3) is 17.1 Å². The minimum atomic E-state index is -0.416. The van der Waals surface area contributed by atoms with Crippen molar-refractivity contribution in [2.24, 2.45) is 0 Å². The predicted octanol–water partition coefficient (Wildman–Crippen LogP) is 3.73. The van der Waals surface area contributed by atoms with Gasteiger partial charge in [-0.25, -0.2) is 4.39 Å². The Hall–Kier alpha value is -3.33. The molecule has 2 aromatic carbocycles. The molecule has 0 atom stereocenters. The zero-order valence-electron chi connectivity index (χ0n) is 17.3. The van der Waals surface area contributed by atoms with E-state index in [2.05, 4.69) is 5.32 Å². The number of benzene rings is 2. The zero-order chi connectivity index (χ0) is 22.7. The van der Waals surface area contributed by atoms with Gasteiger partial charge in [0, 0.05) is 6.04 Å². The molecule has 4 rings (SSSR count). The van der Waals surface area contributed by atoms with Crippen LogP contribution >= 0.6 is 11.8 Å². The minimum absolute atomic E-state index is 0.0707. The maximum atomic E-state index is 13.1. The molecule has 9 heteroatoms. The van der Waals surface area contributed by atoms with Crippen LogP contribution in [0, 0.1) is 5.82 Å². The van der Waals surface area contributed by atoms with E-state index in [9.17, 15) is 18.8 Å². The van der Waals surface area contributed by atoms with Gasteiger partial charge in [0.1, 0.15) is 5.82 Å². The van der Waals surface area contributed by atoms with E-state index in [-0.39, 0.29) is 41.1 Å². The maximum absolute atomic E-state index is 13.1. The van der Waals surface area contributed by atoms with Crippen LogP contribution in [-0.4, -0.2) is 41.7 Å². The number of imide groups is 1. The molecule has 32 heavy (non-hydrogen) atoms. The third-order valence-electron chi connectivity index (χ3n) is 4.91. The number of thioether (sulfide) groups is 1. The molecule has 1 saturated carbocycles. The molecule has 2 aromatic rings. The molecule has 166 valence electrons. The lowest BCUT2D eigenvalue weighted by molar-refractivity contribution is -0.124. The fourth-order valence-corrected chi connectivity index (χ4v) is 3.93. The number of ether oxygens (including phenoxy) is 2. The summed E-state index contributed by atoms with van der Waals surface area (Å²) in [5.41, 5.74) is 1.30. The standard InChI is InChI=1S/C23H21FN2O5S/c1-30-19-10-15(4-9-18(19)31-13-21(27)25-17-7-8-17)11-20-22(28)26(23(29)32-20)12-14-2-5-16(24)6-3-14/h2-6,9-11,17H,7-8,12-13H2,1H3,(H,25,27)/b20-11-. The first kappa shape index (κ1) is 21.9. The number of methoxy groups -OCH3 is 1. The Morgan fingerprint density at radius 1 is 1.19 bits per heavy atom. The molecular weight excluding hydrogens is 435 g/mol. The smallest absolute Gasteiger partial charge is 0.293 e. The molecule has 0 unspecified atom stereocenters. The van der Waals surface area contributed by atoms with Gasteiger partial charge in [-0.3, -0.25) is 19.3 Å². The Kier molecular flexibility index (Phi) is 6.45. The van der Waals surface area contributed by atoms with Crippen LogP contribution in [0.1, 0.15) is 24.0 Å². The SMILES string of the molecule is COc1cc(/C=C2\SC(=O)N(Cc3ccc(F)cc3)C2=O)ccc1OCC(=O)NC1CC1. The van der Waals surface area contributed by atoms with E-state index in [0.717, 1.165) is 29.5 Å². The molecule has 0 spiro atoms. The predicted molar refractivity (Wildman–Crippen MR) is 118 cm³/mol. The van der Waals surface area contributed by atoms with Crippen LogP contribution in [-0.2, 0) is 16.1 Å². The number of hydrogen-bond donors (Lipinski definition) is 1. The summed E-state index contributed by atoms with van der Waals surface area (Å²) < 4.78 is 24.0. The highest BCUT2D eigenvalue weighted by Gasteiger charge is 2.35. The van der Waals surface area contributed by atoms with Crippen LogP contribution in [0.3, 0.4) is 0 Å². The van der Waals surface area contributed by atoms with Crippen LogP contribution in [0.2, 0.25) is 0 Å². The van der Waals surface area contributed by atoms with E-state index < -0.39 is 5.91 Å². The summed E-state index contributed by atoms with van der Waals surface area (Å²) in [5.74, 6) is -0.176. The molecular formula is C23H21FN2O5S. The summed E-state index contributed by atoms with van der Waals surface area (Å²) in [6.07, 6.45) is 3.60. The second-order valence-electron chi connectivity index (χ2n) is 7.44. The van der Waals surface area contributed by atoms with Gasteiger partial charge in [-0.15, -0.1) is 0 Å².